The first-order valence-electron chi connectivity index (χ1n) is 7.86. The summed E-state index contributed by atoms with van der Waals surface area (Å²) >= 11 is 1.76. The largest absolute Gasteiger partial charge is 0.493 e. The summed E-state index contributed by atoms with van der Waals surface area (Å²) < 4.78 is 10.6. The SMILES string of the molecule is CN=C(NCCc1ccc(OC)c(OC)c1)NCc1sccc1C.I. The minimum atomic E-state index is 0. The summed E-state index contributed by atoms with van der Waals surface area (Å²) in [6.07, 6.45) is 0.874. The molecule has 0 atom stereocenters. The topological polar surface area (TPSA) is 54.9 Å². The van der Waals surface area contributed by atoms with Gasteiger partial charge in [0.2, 0.25) is 0 Å². The maximum atomic E-state index is 5.34. The molecule has 0 aliphatic rings. The Labute approximate surface area is 170 Å². The fourth-order valence-corrected chi connectivity index (χ4v) is 3.18. The molecule has 0 radical (unpaired) electrons. The molecule has 0 aliphatic carbocycles. The van der Waals surface area contributed by atoms with Gasteiger partial charge in [0.25, 0.3) is 0 Å². The average Bonchev–Trinajstić information content (AvgIpc) is 3.02. The molecule has 7 heteroatoms. The van der Waals surface area contributed by atoms with Crippen molar-refractivity contribution in [1.29, 1.82) is 0 Å². The molecule has 2 rings (SSSR count). The molecule has 0 amide bonds. The Morgan fingerprint density at radius 1 is 1.12 bits per heavy atom. The summed E-state index contributed by atoms with van der Waals surface area (Å²) in [5.74, 6) is 2.31. The number of rotatable bonds is 7. The molecule has 138 valence electrons. The molecule has 0 fully saturated rings. The number of nitrogens with zero attached hydrogens (tertiary/aromatic N) is 1. The van der Waals surface area contributed by atoms with Crippen molar-refractivity contribution < 1.29 is 9.47 Å². The van der Waals surface area contributed by atoms with Crippen molar-refractivity contribution in [2.75, 3.05) is 27.8 Å². The van der Waals surface area contributed by atoms with Crippen LogP contribution in [-0.4, -0.2) is 33.8 Å². The maximum Gasteiger partial charge on any atom is 0.191 e. The lowest BCUT2D eigenvalue weighted by atomic mass is 10.1. The summed E-state index contributed by atoms with van der Waals surface area (Å²) in [4.78, 5) is 5.60. The predicted molar refractivity (Wildman–Crippen MR) is 116 cm³/mol. The number of aryl methyl sites for hydroxylation is 1. The van der Waals surface area contributed by atoms with Crippen LogP contribution < -0.4 is 20.1 Å². The zero-order chi connectivity index (χ0) is 17.4. The highest BCUT2D eigenvalue weighted by molar-refractivity contribution is 14.0. The van der Waals surface area contributed by atoms with Gasteiger partial charge in [-0.05, 0) is 48.1 Å². The number of aliphatic imine (C=N–C) groups is 1. The van der Waals surface area contributed by atoms with Crippen molar-refractivity contribution in [2.24, 2.45) is 4.99 Å². The van der Waals surface area contributed by atoms with Gasteiger partial charge in [0.15, 0.2) is 17.5 Å². The van der Waals surface area contributed by atoms with E-state index in [4.69, 9.17) is 9.47 Å². The van der Waals surface area contributed by atoms with E-state index in [9.17, 15) is 0 Å². The number of nitrogens with one attached hydrogen (secondary N) is 2. The normalized spacial score (nSPS) is 10.8. The molecule has 2 aromatic rings. The van der Waals surface area contributed by atoms with Crippen LogP contribution in [0.5, 0.6) is 11.5 Å². The minimum absolute atomic E-state index is 0. The molecule has 1 heterocycles. The molecular weight excluding hydrogens is 449 g/mol. The smallest absolute Gasteiger partial charge is 0.191 e. The van der Waals surface area contributed by atoms with Crippen LogP contribution in [0.4, 0.5) is 0 Å². The van der Waals surface area contributed by atoms with Gasteiger partial charge in [-0.3, -0.25) is 4.99 Å². The van der Waals surface area contributed by atoms with Crippen LogP contribution in [0.2, 0.25) is 0 Å². The molecule has 5 nitrogen and oxygen atoms in total. The fraction of sp³-hybridized carbons (Fsp3) is 0.389. The fourth-order valence-electron chi connectivity index (χ4n) is 2.33. The highest BCUT2D eigenvalue weighted by Crippen LogP contribution is 2.27. The summed E-state index contributed by atoms with van der Waals surface area (Å²) in [6, 6.07) is 8.12. The van der Waals surface area contributed by atoms with Gasteiger partial charge in [-0.1, -0.05) is 6.07 Å². The van der Waals surface area contributed by atoms with Crippen LogP contribution in [0, 0.1) is 6.92 Å². The number of hydrogen-bond donors (Lipinski definition) is 2. The van der Waals surface area contributed by atoms with Gasteiger partial charge in [-0.15, -0.1) is 35.3 Å². The average molecular weight is 475 g/mol. The van der Waals surface area contributed by atoms with Crippen molar-refractivity contribution >= 4 is 41.3 Å². The van der Waals surface area contributed by atoms with E-state index in [2.05, 4.69) is 34.0 Å². The van der Waals surface area contributed by atoms with E-state index < -0.39 is 0 Å². The summed E-state index contributed by atoms with van der Waals surface area (Å²) in [5.41, 5.74) is 2.50. The van der Waals surface area contributed by atoms with Crippen molar-refractivity contribution in [1.82, 2.24) is 10.6 Å². The van der Waals surface area contributed by atoms with E-state index in [-0.39, 0.29) is 24.0 Å². The van der Waals surface area contributed by atoms with Crippen LogP contribution in [-0.2, 0) is 13.0 Å². The first-order chi connectivity index (χ1) is 11.7. The van der Waals surface area contributed by atoms with E-state index in [1.807, 2.05) is 18.2 Å². The monoisotopic (exact) mass is 475 g/mol. The van der Waals surface area contributed by atoms with Crippen LogP contribution in [0.3, 0.4) is 0 Å². The second kappa shape index (κ2) is 11.2. The summed E-state index contributed by atoms with van der Waals surface area (Å²) in [5, 5.41) is 8.79. The van der Waals surface area contributed by atoms with Gasteiger partial charge in [-0.2, -0.15) is 0 Å². The second-order valence-electron chi connectivity index (χ2n) is 5.32. The predicted octanol–water partition coefficient (Wildman–Crippen LogP) is 3.60. The number of ether oxygens (including phenoxy) is 2. The maximum absolute atomic E-state index is 5.34. The zero-order valence-corrected chi connectivity index (χ0v) is 18.2. The quantitative estimate of drug-likeness (QED) is 0.365. The number of hydrogen-bond acceptors (Lipinski definition) is 4. The zero-order valence-electron chi connectivity index (χ0n) is 15.1. The minimum Gasteiger partial charge on any atom is -0.493 e. The van der Waals surface area contributed by atoms with Gasteiger partial charge in [0.05, 0.1) is 20.8 Å². The lowest BCUT2D eigenvalue weighted by molar-refractivity contribution is 0.354. The number of methoxy groups -OCH3 is 2. The molecule has 1 aromatic carbocycles. The molecule has 0 unspecified atom stereocenters. The Morgan fingerprint density at radius 2 is 1.88 bits per heavy atom. The molecule has 25 heavy (non-hydrogen) atoms. The number of thiophene rings is 1. The standard InChI is InChI=1S/C18H25N3O2S.HI/c1-13-8-10-24-17(13)12-21-18(19-2)20-9-7-14-5-6-15(22-3)16(11-14)23-4;/h5-6,8,10-11H,7,9,12H2,1-4H3,(H2,19,20,21);1H. The van der Waals surface area contributed by atoms with Gasteiger partial charge in [0.1, 0.15) is 0 Å². The first-order valence-corrected chi connectivity index (χ1v) is 8.74. The number of benzene rings is 1. The highest BCUT2D eigenvalue weighted by atomic mass is 127. The molecule has 0 saturated heterocycles. The molecular formula is C18H26IN3O2S. The second-order valence-corrected chi connectivity index (χ2v) is 6.32. The van der Waals surface area contributed by atoms with Gasteiger partial charge in [-0.25, -0.2) is 0 Å². The van der Waals surface area contributed by atoms with Crippen molar-refractivity contribution in [2.45, 2.75) is 19.9 Å². The van der Waals surface area contributed by atoms with Gasteiger partial charge < -0.3 is 20.1 Å². The Kier molecular flexibility index (Phi) is 9.66. The number of halogens is 1. The molecule has 0 saturated carbocycles. The van der Waals surface area contributed by atoms with Crippen molar-refractivity contribution in [3.63, 3.8) is 0 Å². The van der Waals surface area contributed by atoms with Gasteiger partial charge in [0, 0.05) is 18.5 Å². The Balaban J connectivity index is 0.00000312. The third-order valence-electron chi connectivity index (χ3n) is 3.76. The van der Waals surface area contributed by atoms with Crippen LogP contribution >= 0.6 is 35.3 Å². The highest BCUT2D eigenvalue weighted by Gasteiger charge is 2.05. The lowest BCUT2D eigenvalue weighted by Crippen LogP contribution is -2.37. The molecule has 1 aromatic heterocycles. The Morgan fingerprint density at radius 3 is 2.48 bits per heavy atom. The first kappa shape index (κ1) is 21.6. The van der Waals surface area contributed by atoms with E-state index in [0.29, 0.717) is 0 Å². The Bertz CT molecular complexity index is 689. The van der Waals surface area contributed by atoms with Crippen LogP contribution in [0.15, 0.2) is 34.6 Å². The third-order valence-corrected chi connectivity index (χ3v) is 4.79. The van der Waals surface area contributed by atoms with E-state index in [1.165, 1.54) is 16.0 Å². The Hall–Kier alpha value is -1.48. The molecule has 0 bridgehead atoms. The summed E-state index contributed by atoms with van der Waals surface area (Å²) in [7, 11) is 5.08. The van der Waals surface area contributed by atoms with E-state index in [0.717, 1.165) is 37.0 Å². The molecule has 2 N–H and O–H groups in total. The van der Waals surface area contributed by atoms with Crippen molar-refractivity contribution in [3.8, 4) is 11.5 Å². The third kappa shape index (κ3) is 6.39. The van der Waals surface area contributed by atoms with E-state index in [1.54, 1.807) is 32.6 Å². The lowest BCUT2D eigenvalue weighted by Gasteiger charge is -2.13. The van der Waals surface area contributed by atoms with E-state index >= 15 is 0 Å². The summed E-state index contributed by atoms with van der Waals surface area (Å²) in [6.45, 7) is 3.71. The van der Waals surface area contributed by atoms with Crippen LogP contribution in [0.1, 0.15) is 16.0 Å². The van der Waals surface area contributed by atoms with Crippen LogP contribution in [0.25, 0.3) is 0 Å². The van der Waals surface area contributed by atoms with Gasteiger partial charge >= 0.3 is 0 Å². The molecule has 0 spiro atoms. The molecule has 0 aliphatic heterocycles. The van der Waals surface area contributed by atoms with Crippen molar-refractivity contribution in [3.05, 3.63) is 45.6 Å². The number of guanidine groups is 1.